The van der Waals surface area contributed by atoms with E-state index in [9.17, 15) is 0 Å². The molecule has 1 aliphatic rings. The lowest BCUT2D eigenvalue weighted by atomic mass is 9.90. The SMILES string of the molecule is Cc1ccc2c(c1)C=C(CCN)CC2. The second-order valence-corrected chi connectivity index (χ2v) is 4.04. The van der Waals surface area contributed by atoms with Crippen molar-refractivity contribution in [1.29, 1.82) is 0 Å². The van der Waals surface area contributed by atoms with Gasteiger partial charge < -0.3 is 5.73 Å². The lowest BCUT2D eigenvalue weighted by Crippen LogP contribution is -2.05. The smallest absolute Gasteiger partial charge is 0.00398 e. The Bertz CT molecular complexity index is 363. The first kappa shape index (κ1) is 9.47. The van der Waals surface area contributed by atoms with Crippen LogP contribution in [-0.4, -0.2) is 6.54 Å². The molecule has 1 aromatic carbocycles. The number of hydrogen-bond acceptors (Lipinski definition) is 1. The molecule has 14 heavy (non-hydrogen) atoms. The van der Waals surface area contributed by atoms with Crippen LogP contribution < -0.4 is 5.73 Å². The van der Waals surface area contributed by atoms with Gasteiger partial charge in [0.2, 0.25) is 0 Å². The molecule has 1 aromatic rings. The fourth-order valence-corrected chi connectivity index (χ4v) is 2.05. The van der Waals surface area contributed by atoms with Crippen molar-refractivity contribution in [2.24, 2.45) is 5.73 Å². The number of rotatable bonds is 2. The molecule has 74 valence electrons. The fraction of sp³-hybridized carbons (Fsp3) is 0.385. The van der Waals surface area contributed by atoms with E-state index < -0.39 is 0 Å². The first-order valence-electron chi connectivity index (χ1n) is 5.28. The second-order valence-electron chi connectivity index (χ2n) is 4.04. The molecule has 0 atom stereocenters. The summed E-state index contributed by atoms with van der Waals surface area (Å²) in [5.74, 6) is 0. The number of nitrogens with two attached hydrogens (primary N) is 1. The van der Waals surface area contributed by atoms with Gasteiger partial charge in [0.15, 0.2) is 0 Å². The predicted molar refractivity (Wildman–Crippen MR) is 61.1 cm³/mol. The van der Waals surface area contributed by atoms with Crippen LogP contribution in [0, 0.1) is 6.92 Å². The van der Waals surface area contributed by atoms with Crippen LogP contribution in [0.1, 0.15) is 29.5 Å². The Hall–Kier alpha value is -1.08. The first-order valence-corrected chi connectivity index (χ1v) is 5.28. The third-order valence-electron chi connectivity index (χ3n) is 2.84. The molecule has 0 radical (unpaired) electrons. The quantitative estimate of drug-likeness (QED) is 0.757. The highest BCUT2D eigenvalue weighted by molar-refractivity contribution is 5.60. The summed E-state index contributed by atoms with van der Waals surface area (Å²) in [4.78, 5) is 0. The van der Waals surface area contributed by atoms with Gasteiger partial charge in [-0.2, -0.15) is 0 Å². The van der Waals surface area contributed by atoms with Gasteiger partial charge in [-0.05, 0) is 43.9 Å². The van der Waals surface area contributed by atoms with Crippen LogP contribution in [0.5, 0.6) is 0 Å². The van der Waals surface area contributed by atoms with Crippen molar-refractivity contribution < 1.29 is 0 Å². The Morgan fingerprint density at radius 3 is 2.93 bits per heavy atom. The highest BCUT2D eigenvalue weighted by Gasteiger charge is 2.09. The Balaban J connectivity index is 2.32. The highest BCUT2D eigenvalue weighted by atomic mass is 14.5. The maximum atomic E-state index is 5.57. The third kappa shape index (κ3) is 1.88. The van der Waals surface area contributed by atoms with Gasteiger partial charge >= 0.3 is 0 Å². The van der Waals surface area contributed by atoms with Crippen molar-refractivity contribution in [3.05, 3.63) is 40.5 Å². The summed E-state index contributed by atoms with van der Waals surface area (Å²) in [6, 6.07) is 6.71. The molecule has 0 aliphatic heterocycles. The largest absolute Gasteiger partial charge is 0.330 e. The van der Waals surface area contributed by atoms with Gasteiger partial charge in [0, 0.05) is 0 Å². The fourth-order valence-electron chi connectivity index (χ4n) is 2.05. The predicted octanol–water partition coefficient (Wildman–Crippen LogP) is 2.67. The maximum Gasteiger partial charge on any atom is -0.00398 e. The lowest BCUT2D eigenvalue weighted by Gasteiger charge is -2.16. The van der Waals surface area contributed by atoms with Gasteiger partial charge in [-0.3, -0.25) is 0 Å². The highest BCUT2D eigenvalue weighted by Crippen LogP contribution is 2.25. The van der Waals surface area contributed by atoms with Crippen molar-refractivity contribution >= 4 is 6.08 Å². The molecule has 0 fully saturated rings. The topological polar surface area (TPSA) is 26.0 Å². The standard InChI is InChI=1S/C13H17N/c1-10-2-4-12-5-3-11(6-7-14)9-13(12)8-10/h2,4,8-9H,3,5-7,14H2,1H3. The van der Waals surface area contributed by atoms with E-state index in [1.165, 1.54) is 35.1 Å². The number of hydrogen-bond donors (Lipinski definition) is 1. The minimum Gasteiger partial charge on any atom is -0.330 e. The average molecular weight is 187 g/mol. The summed E-state index contributed by atoms with van der Waals surface area (Å²) in [6.45, 7) is 2.91. The summed E-state index contributed by atoms with van der Waals surface area (Å²) in [5, 5.41) is 0. The molecule has 1 nitrogen and oxygen atoms in total. The average Bonchev–Trinajstić information content (AvgIpc) is 2.17. The van der Waals surface area contributed by atoms with Crippen LogP contribution in [0.25, 0.3) is 6.08 Å². The molecule has 0 saturated carbocycles. The molecule has 1 heteroatoms. The van der Waals surface area contributed by atoms with Gasteiger partial charge in [0.1, 0.15) is 0 Å². The van der Waals surface area contributed by atoms with Crippen LogP contribution in [0.2, 0.25) is 0 Å². The van der Waals surface area contributed by atoms with Crippen LogP contribution in [0.15, 0.2) is 23.8 Å². The summed E-state index contributed by atoms with van der Waals surface area (Å²) in [7, 11) is 0. The molecular formula is C13H17N. The molecule has 0 heterocycles. The molecule has 0 spiro atoms. The van der Waals surface area contributed by atoms with E-state index >= 15 is 0 Å². The van der Waals surface area contributed by atoms with Crippen LogP contribution >= 0.6 is 0 Å². The van der Waals surface area contributed by atoms with Gasteiger partial charge in [-0.15, -0.1) is 0 Å². The summed E-state index contributed by atoms with van der Waals surface area (Å²) in [6.07, 6.45) is 5.74. The molecule has 0 bridgehead atoms. The van der Waals surface area contributed by atoms with Gasteiger partial charge in [0.05, 0.1) is 0 Å². The van der Waals surface area contributed by atoms with Crippen molar-refractivity contribution in [2.45, 2.75) is 26.2 Å². The molecule has 0 unspecified atom stereocenters. The Morgan fingerprint density at radius 2 is 2.14 bits per heavy atom. The Labute approximate surface area is 85.6 Å². The Morgan fingerprint density at radius 1 is 1.29 bits per heavy atom. The van der Waals surface area contributed by atoms with Gasteiger partial charge in [0.25, 0.3) is 0 Å². The van der Waals surface area contributed by atoms with Crippen LogP contribution in [-0.2, 0) is 6.42 Å². The van der Waals surface area contributed by atoms with E-state index in [1.54, 1.807) is 0 Å². The molecule has 0 saturated heterocycles. The van der Waals surface area contributed by atoms with Gasteiger partial charge in [-0.1, -0.05) is 35.4 Å². The van der Waals surface area contributed by atoms with Crippen molar-refractivity contribution in [1.82, 2.24) is 0 Å². The molecular weight excluding hydrogens is 170 g/mol. The number of fused-ring (bicyclic) bond motifs is 1. The zero-order valence-corrected chi connectivity index (χ0v) is 8.72. The summed E-state index contributed by atoms with van der Waals surface area (Å²) >= 11 is 0. The third-order valence-corrected chi connectivity index (χ3v) is 2.84. The van der Waals surface area contributed by atoms with Gasteiger partial charge in [-0.25, -0.2) is 0 Å². The number of benzene rings is 1. The zero-order chi connectivity index (χ0) is 9.97. The van der Waals surface area contributed by atoms with Crippen molar-refractivity contribution in [2.75, 3.05) is 6.54 Å². The zero-order valence-electron chi connectivity index (χ0n) is 8.72. The monoisotopic (exact) mass is 187 g/mol. The molecule has 2 rings (SSSR count). The first-order chi connectivity index (χ1) is 6.79. The molecule has 0 amide bonds. The minimum absolute atomic E-state index is 0.771. The molecule has 0 aromatic heterocycles. The summed E-state index contributed by atoms with van der Waals surface area (Å²) in [5.41, 5.74) is 11.3. The Kier molecular flexibility index (Phi) is 2.69. The molecule has 2 N–H and O–H groups in total. The maximum absolute atomic E-state index is 5.57. The van der Waals surface area contributed by atoms with E-state index in [4.69, 9.17) is 5.73 Å². The molecule has 1 aliphatic carbocycles. The van der Waals surface area contributed by atoms with E-state index in [-0.39, 0.29) is 0 Å². The van der Waals surface area contributed by atoms with Crippen LogP contribution in [0.3, 0.4) is 0 Å². The second kappa shape index (κ2) is 3.97. The van der Waals surface area contributed by atoms with E-state index in [0.717, 1.165) is 13.0 Å². The van der Waals surface area contributed by atoms with E-state index in [1.807, 2.05) is 0 Å². The van der Waals surface area contributed by atoms with E-state index in [2.05, 4.69) is 31.2 Å². The van der Waals surface area contributed by atoms with Crippen LogP contribution in [0.4, 0.5) is 0 Å². The van der Waals surface area contributed by atoms with Crippen molar-refractivity contribution in [3.8, 4) is 0 Å². The number of aryl methyl sites for hydroxylation is 2. The van der Waals surface area contributed by atoms with E-state index in [0.29, 0.717) is 0 Å². The minimum atomic E-state index is 0.771. The lowest BCUT2D eigenvalue weighted by molar-refractivity contribution is 0.836. The summed E-state index contributed by atoms with van der Waals surface area (Å²) < 4.78 is 0. The van der Waals surface area contributed by atoms with Crippen molar-refractivity contribution in [3.63, 3.8) is 0 Å². The normalized spacial score (nSPS) is 14.9.